The summed E-state index contributed by atoms with van der Waals surface area (Å²) in [5, 5.41) is 0.824. The number of nitrogens with zero attached hydrogens (tertiary/aromatic N) is 4. The molecule has 1 amide bonds. The molecule has 0 aliphatic carbocycles. The van der Waals surface area contributed by atoms with Gasteiger partial charge in [0.05, 0.1) is 4.91 Å². The van der Waals surface area contributed by atoms with Crippen molar-refractivity contribution in [1.29, 1.82) is 0 Å². The van der Waals surface area contributed by atoms with Crippen LogP contribution in [0.1, 0.15) is 11.1 Å². The molecule has 5 nitrogen and oxygen atoms in total. The van der Waals surface area contributed by atoms with E-state index in [1.54, 1.807) is 12.4 Å². The van der Waals surface area contributed by atoms with Crippen molar-refractivity contribution in [3.63, 3.8) is 0 Å². The molecule has 1 aromatic carbocycles. The van der Waals surface area contributed by atoms with E-state index < -0.39 is 0 Å². The predicted octanol–water partition coefficient (Wildman–Crippen LogP) is 2.87. The van der Waals surface area contributed by atoms with Gasteiger partial charge in [-0.1, -0.05) is 36.4 Å². The van der Waals surface area contributed by atoms with Gasteiger partial charge in [-0.25, -0.2) is 0 Å². The van der Waals surface area contributed by atoms with Crippen LogP contribution < -0.4 is 0 Å². The molecule has 0 bridgehead atoms. The third-order valence-corrected chi connectivity index (χ3v) is 5.53. The smallest absolute Gasteiger partial charge is 0.286 e. The first-order valence-electron chi connectivity index (χ1n) is 8.72. The Kier molecular flexibility index (Phi) is 5.13. The van der Waals surface area contributed by atoms with Gasteiger partial charge in [-0.05, 0) is 35.0 Å². The van der Waals surface area contributed by atoms with Crippen LogP contribution in [-0.2, 0) is 11.3 Å². The van der Waals surface area contributed by atoms with Crippen LogP contribution in [0.4, 0.5) is 0 Å². The number of carbonyl (C=O) groups is 1. The van der Waals surface area contributed by atoms with Crippen LogP contribution in [-0.4, -0.2) is 52.0 Å². The monoisotopic (exact) mass is 364 g/mol. The van der Waals surface area contributed by atoms with Gasteiger partial charge in [0, 0.05) is 45.1 Å². The zero-order valence-electron chi connectivity index (χ0n) is 14.4. The normalized spacial score (nSPS) is 19.8. The van der Waals surface area contributed by atoms with Gasteiger partial charge in [-0.3, -0.25) is 14.7 Å². The van der Waals surface area contributed by atoms with Crippen molar-refractivity contribution in [2.75, 3.05) is 26.2 Å². The fraction of sp³-hybridized carbons (Fsp3) is 0.250. The number of pyridine rings is 1. The average Bonchev–Trinajstić information content (AvgIpc) is 3.04. The van der Waals surface area contributed by atoms with Crippen LogP contribution in [0.2, 0.25) is 0 Å². The number of amides is 1. The Labute approximate surface area is 157 Å². The molecule has 2 aliphatic rings. The SMILES string of the molecule is O=C1N=C(N2CCN(Cc3ccccc3)CC2)SC1=Cc1cccnc1. The van der Waals surface area contributed by atoms with Crippen molar-refractivity contribution in [3.8, 4) is 0 Å². The third kappa shape index (κ3) is 4.03. The molecule has 2 aliphatic heterocycles. The van der Waals surface area contributed by atoms with E-state index in [0.717, 1.165) is 43.5 Å². The average molecular weight is 364 g/mol. The number of amidine groups is 1. The van der Waals surface area contributed by atoms with Crippen LogP contribution in [0.15, 0.2) is 64.8 Å². The van der Waals surface area contributed by atoms with Gasteiger partial charge in [-0.2, -0.15) is 4.99 Å². The van der Waals surface area contributed by atoms with Crippen molar-refractivity contribution in [2.45, 2.75) is 6.54 Å². The molecule has 3 heterocycles. The predicted molar refractivity (Wildman–Crippen MR) is 106 cm³/mol. The summed E-state index contributed by atoms with van der Waals surface area (Å²) in [6.45, 7) is 4.71. The lowest BCUT2D eigenvalue weighted by Crippen LogP contribution is -2.47. The lowest BCUT2D eigenvalue weighted by molar-refractivity contribution is -0.113. The van der Waals surface area contributed by atoms with E-state index in [1.807, 2.05) is 24.3 Å². The Hall–Kier alpha value is -2.44. The lowest BCUT2D eigenvalue weighted by Gasteiger charge is -2.35. The molecule has 0 saturated carbocycles. The molecule has 26 heavy (non-hydrogen) atoms. The highest BCUT2D eigenvalue weighted by atomic mass is 32.2. The summed E-state index contributed by atoms with van der Waals surface area (Å²) in [5.41, 5.74) is 2.26. The summed E-state index contributed by atoms with van der Waals surface area (Å²) >= 11 is 1.47. The number of carbonyl (C=O) groups excluding carboxylic acids is 1. The summed E-state index contributed by atoms with van der Waals surface area (Å²) in [7, 11) is 0. The topological polar surface area (TPSA) is 48.8 Å². The van der Waals surface area contributed by atoms with Gasteiger partial charge in [0.1, 0.15) is 0 Å². The molecule has 6 heteroatoms. The van der Waals surface area contributed by atoms with E-state index in [0.29, 0.717) is 4.91 Å². The molecule has 0 radical (unpaired) electrons. The second-order valence-electron chi connectivity index (χ2n) is 6.35. The standard InChI is InChI=1S/C20H20N4OS/c25-19-18(13-17-7-4-8-21-14-17)26-20(22-19)24-11-9-23(10-12-24)15-16-5-2-1-3-6-16/h1-8,13-14H,9-12,15H2. The molecule has 0 N–H and O–H groups in total. The van der Waals surface area contributed by atoms with Gasteiger partial charge in [-0.15, -0.1) is 0 Å². The molecule has 0 atom stereocenters. The maximum atomic E-state index is 12.2. The number of aromatic nitrogens is 1. The van der Waals surface area contributed by atoms with Gasteiger partial charge in [0.25, 0.3) is 5.91 Å². The highest BCUT2D eigenvalue weighted by Crippen LogP contribution is 2.30. The summed E-state index contributed by atoms with van der Waals surface area (Å²) < 4.78 is 0. The molecule has 1 fully saturated rings. The lowest BCUT2D eigenvalue weighted by atomic mass is 10.2. The Bertz CT molecular complexity index is 827. The number of hydrogen-bond acceptors (Lipinski definition) is 5. The van der Waals surface area contributed by atoms with Crippen molar-refractivity contribution in [3.05, 3.63) is 70.9 Å². The molecule has 0 unspecified atom stereocenters. The Morgan fingerprint density at radius 2 is 1.85 bits per heavy atom. The van der Waals surface area contributed by atoms with Crippen molar-refractivity contribution < 1.29 is 4.79 Å². The van der Waals surface area contributed by atoms with E-state index in [1.165, 1.54) is 17.3 Å². The Balaban J connectivity index is 1.34. The molecule has 132 valence electrons. The van der Waals surface area contributed by atoms with E-state index >= 15 is 0 Å². The first-order chi connectivity index (χ1) is 12.8. The second kappa shape index (κ2) is 7.85. The van der Waals surface area contributed by atoms with E-state index in [9.17, 15) is 4.79 Å². The zero-order chi connectivity index (χ0) is 17.8. The van der Waals surface area contributed by atoms with Gasteiger partial charge in [0.2, 0.25) is 0 Å². The molecule has 2 aromatic rings. The van der Waals surface area contributed by atoms with Gasteiger partial charge in [0.15, 0.2) is 5.17 Å². The minimum absolute atomic E-state index is 0.152. The van der Waals surface area contributed by atoms with Gasteiger partial charge >= 0.3 is 0 Å². The van der Waals surface area contributed by atoms with Crippen molar-refractivity contribution in [2.24, 2.45) is 4.99 Å². The first-order valence-corrected chi connectivity index (χ1v) is 9.53. The molecular weight excluding hydrogens is 344 g/mol. The molecule has 1 saturated heterocycles. The summed E-state index contributed by atoms with van der Waals surface area (Å²) in [5.74, 6) is -0.152. The highest BCUT2D eigenvalue weighted by Gasteiger charge is 2.28. The van der Waals surface area contributed by atoms with Gasteiger partial charge < -0.3 is 4.90 Å². The molecule has 0 spiro atoms. The fourth-order valence-electron chi connectivity index (χ4n) is 3.08. The van der Waals surface area contributed by atoms with Crippen molar-refractivity contribution in [1.82, 2.24) is 14.8 Å². The number of aliphatic imine (C=N–C) groups is 1. The molecular formula is C20H20N4OS. The maximum Gasteiger partial charge on any atom is 0.286 e. The van der Waals surface area contributed by atoms with E-state index in [4.69, 9.17) is 0 Å². The number of piperazine rings is 1. The number of benzene rings is 1. The molecule has 4 rings (SSSR count). The number of hydrogen-bond donors (Lipinski definition) is 0. The minimum Gasteiger partial charge on any atom is -0.348 e. The summed E-state index contributed by atoms with van der Waals surface area (Å²) in [6, 6.07) is 14.3. The van der Waals surface area contributed by atoms with Crippen LogP contribution in [0.5, 0.6) is 0 Å². The first kappa shape index (κ1) is 17.0. The Morgan fingerprint density at radius 1 is 1.04 bits per heavy atom. The maximum absolute atomic E-state index is 12.2. The minimum atomic E-state index is -0.152. The molecule has 1 aromatic heterocycles. The zero-order valence-corrected chi connectivity index (χ0v) is 15.2. The summed E-state index contributed by atoms with van der Waals surface area (Å²) in [4.78, 5) is 25.9. The Morgan fingerprint density at radius 3 is 2.58 bits per heavy atom. The van der Waals surface area contributed by atoms with E-state index in [2.05, 4.69) is 44.0 Å². The fourth-order valence-corrected chi connectivity index (χ4v) is 4.05. The van der Waals surface area contributed by atoms with E-state index in [-0.39, 0.29) is 5.91 Å². The third-order valence-electron chi connectivity index (χ3n) is 4.48. The van der Waals surface area contributed by atoms with Crippen LogP contribution in [0.3, 0.4) is 0 Å². The van der Waals surface area contributed by atoms with Crippen LogP contribution in [0.25, 0.3) is 6.08 Å². The van der Waals surface area contributed by atoms with Crippen molar-refractivity contribution >= 4 is 28.9 Å². The quantitative estimate of drug-likeness (QED) is 0.784. The van der Waals surface area contributed by atoms with Crippen LogP contribution in [0, 0.1) is 0 Å². The van der Waals surface area contributed by atoms with Crippen LogP contribution >= 0.6 is 11.8 Å². The number of thioether (sulfide) groups is 1. The number of rotatable bonds is 3. The highest BCUT2D eigenvalue weighted by molar-refractivity contribution is 8.18. The second-order valence-corrected chi connectivity index (χ2v) is 7.35. The summed E-state index contributed by atoms with van der Waals surface area (Å²) in [6.07, 6.45) is 5.34. The largest absolute Gasteiger partial charge is 0.348 e.